The second-order valence-corrected chi connectivity index (χ2v) is 15.9. The Morgan fingerprint density at radius 2 is 1.33 bits per heavy atom. The van der Waals surface area contributed by atoms with Gasteiger partial charge in [0.2, 0.25) is 0 Å². The van der Waals surface area contributed by atoms with Gasteiger partial charge in [-0.3, -0.25) is 0 Å². The van der Waals surface area contributed by atoms with Crippen molar-refractivity contribution in [1.82, 2.24) is 9.88 Å². The first kappa shape index (κ1) is 32.2. The van der Waals surface area contributed by atoms with Crippen LogP contribution in [0.3, 0.4) is 0 Å². The second-order valence-electron chi connectivity index (χ2n) is 14.8. The van der Waals surface area contributed by atoms with E-state index in [1.807, 2.05) is 47.7 Å². The maximum Gasteiger partial charge on any atom is 0.163 e. The molecular weight excluding hydrogens is 717 g/mol. The molecule has 10 aromatic rings. The van der Waals surface area contributed by atoms with Crippen molar-refractivity contribution in [2.45, 2.75) is 19.0 Å². The highest BCUT2D eigenvalue weighted by atomic mass is 32.1. The van der Waals surface area contributed by atoms with Crippen LogP contribution in [-0.2, 0) is 6.42 Å². The van der Waals surface area contributed by atoms with Crippen LogP contribution in [0.15, 0.2) is 178 Å². The van der Waals surface area contributed by atoms with Crippen LogP contribution in [0.25, 0.3) is 75.9 Å². The average Bonchev–Trinajstić information content (AvgIpc) is 3.96. The molecule has 1 atom stereocenters. The Morgan fingerprint density at radius 3 is 2.18 bits per heavy atom. The first-order chi connectivity index (χ1) is 28.3. The van der Waals surface area contributed by atoms with Gasteiger partial charge in [0, 0.05) is 64.4 Å². The number of para-hydroxylation sites is 3. The van der Waals surface area contributed by atoms with E-state index in [1.54, 1.807) is 0 Å². The largest absolute Gasteiger partial charge is 0.455 e. The minimum Gasteiger partial charge on any atom is -0.455 e. The van der Waals surface area contributed by atoms with Crippen LogP contribution in [0.2, 0.25) is 0 Å². The van der Waals surface area contributed by atoms with Crippen molar-refractivity contribution in [3.8, 4) is 16.8 Å². The van der Waals surface area contributed by atoms with Gasteiger partial charge in [0.1, 0.15) is 23.2 Å². The molecule has 5 nitrogen and oxygen atoms in total. The van der Waals surface area contributed by atoms with Crippen molar-refractivity contribution >= 4 is 82.1 Å². The summed E-state index contributed by atoms with van der Waals surface area (Å²) in [7, 11) is 0. The van der Waals surface area contributed by atoms with Crippen LogP contribution in [0.4, 0.5) is 0 Å². The highest BCUT2D eigenvalue weighted by molar-refractivity contribution is 7.26. The standard InChI is InChI=1S/C51H34N4OS/c1-3-14-31(15-4-1)49-52-50(32-16-5-2-6-17-32)54-51(53-49)42-25-12-21-38-37-20-11-22-39(46(37)56-47(38)42)41-24-13-23-40-36-29-28-33(30-45(36)57-48(40)41)55-43-26-9-7-18-34(43)35-19-8-10-27-44(35)55/h1-7,9-18,20-30,49H,8,19H2,(H,52,53,54). The van der Waals surface area contributed by atoms with Gasteiger partial charge >= 0.3 is 0 Å². The van der Waals surface area contributed by atoms with Gasteiger partial charge < -0.3 is 14.3 Å². The number of nitrogens with one attached hydrogen (secondary N) is 1. The summed E-state index contributed by atoms with van der Waals surface area (Å²) in [6, 6.07) is 55.9. The molecule has 57 heavy (non-hydrogen) atoms. The molecule has 0 radical (unpaired) electrons. The summed E-state index contributed by atoms with van der Waals surface area (Å²) in [4.78, 5) is 10.3. The fourth-order valence-corrected chi connectivity index (χ4v) is 10.2. The fourth-order valence-electron chi connectivity index (χ4n) is 8.93. The van der Waals surface area contributed by atoms with Crippen LogP contribution < -0.4 is 5.32 Å². The van der Waals surface area contributed by atoms with Crippen LogP contribution in [0, 0.1) is 0 Å². The Hall–Kier alpha value is -7.02. The number of hydrogen-bond acceptors (Lipinski definition) is 5. The van der Waals surface area contributed by atoms with E-state index in [1.165, 1.54) is 53.6 Å². The van der Waals surface area contributed by atoms with E-state index in [9.17, 15) is 0 Å². The molecule has 6 heteroatoms. The molecule has 1 aliphatic carbocycles. The highest BCUT2D eigenvalue weighted by Gasteiger charge is 2.25. The first-order valence-electron chi connectivity index (χ1n) is 19.5. The Balaban J connectivity index is 1.01. The van der Waals surface area contributed by atoms with Crippen molar-refractivity contribution in [2.75, 3.05) is 0 Å². The van der Waals surface area contributed by atoms with Crippen molar-refractivity contribution in [2.24, 2.45) is 9.98 Å². The molecule has 0 saturated carbocycles. The van der Waals surface area contributed by atoms with E-state index in [0.29, 0.717) is 5.84 Å². The van der Waals surface area contributed by atoms with Crippen molar-refractivity contribution in [3.63, 3.8) is 0 Å². The van der Waals surface area contributed by atoms with E-state index in [-0.39, 0.29) is 6.17 Å². The third-order valence-electron chi connectivity index (χ3n) is 11.6. The zero-order valence-electron chi connectivity index (χ0n) is 30.8. The summed E-state index contributed by atoms with van der Waals surface area (Å²) in [5, 5.41) is 9.57. The Kier molecular flexibility index (Phi) is 7.22. The van der Waals surface area contributed by atoms with Gasteiger partial charge in [0.25, 0.3) is 0 Å². The van der Waals surface area contributed by atoms with Gasteiger partial charge in [-0.15, -0.1) is 11.3 Å². The topological polar surface area (TPSA) is 54.8 Å². The number of allylic oxidation sites excluding steroid dienone is 1. The number of aromatic nitrogens is 1. The summed E-state index contributed by atoms with van der Waals surface area (Å²) < 4.78 is 12.0. The number of fused-ring (bicyclic) bond motifs is 9. The lowest BCUT2D eigenvalue weighted by Gasteiger charge is -2.23. The van der Waals surface area contributed by atoms with Gasteiger partial charge in [-0.05, 0) is 54.3 Å². The molecule has 2 aliphatic rings. The predicted molar refractivity (Wildman–Crippen MR) is 238 cm³/mol. The maximum atomic E-state index is 7.01. The molecule has 7 aromatic carbocycles. The zero-order chi connectivity index (χ0) is 37.5. The molecule has 12 rings (SSSR count). The normalized spacial score (nSPS) is 15.3. The van der Waals surface area contributed by atoms with Crippen LogP contribution in [0.1, 0.15) is 40.5 Å². The lowest BCUT2D eigenvalue weighted by molar-refractivity contribution is 0.664. The summed E-state index contributed by atoms with van der Waals surface area (Å²) in [6.07, 6.45) is 6.47. The number of furan rings is 1. The third kappa shape index (κ3) is 5.07. The number of aryl methyl sites for hydroxylation is 1. The van der Waals surface area contributed by atoms with Gasteiger partial charge in [-0.25, -0.2) is 9.98 Å². The monoisotopic (exact) mass is 750 g/mol. The minimum absolute atomic E-state index is 0.298. The third-order valence-corrected chi connectivity index (χ3v) is 12.8. The first-order valence-corrected chi connectivity index (χ1v) is 20.3. The molecule has 3 aromatic heterocycles. The molecule has 0 spiro atoms. The summed E-state index contributed by atoms with van der Waals surface area (Å²) in [6.45, 7) is 0. The average molecular weight is 751 g/mol. The predicted octanol–water partition coefficient (Wildman–Crippen LogP) is 13.0. The lowest BCUT2D eigenvalue weighted by atomic mass is 10.00. The van der Waals surface area contributed by atoms with Gasteiger partial charge in [-0.1, -0.05) is 140 Å². The van der Waals surface area contributed by atoms with Crippen molar-refractivity contribution in [3.05, 3.63) is 192 Å². The maximum absolute atomic E-state index is 7.01. The minimum atomic E-state index is -0.298. The van der Waals surface area contributed by atoms with E-state index >= 15 is 0 Å². The summed E-state index contributed by atoms with van der Waals surface area (Å²) in [5.74, 6) is 1.42. The second kappa shape index (κ2) is 12.8. The number of amidine groups is 2. The SMILES string of the molecule is C1=Cc2c(c3ccccc3n2-c2ccc3c(c2)sc2c(-c4cccc5c4oc4c(C6=NC(c7ccccc7)NC(c7ccccc7)=N6)cccc45)cccc23)CC1. The smallest absolute Gasteiger partial charge is 0.163 e. The number of thiophene rings is 1. The Bertz CT molecular complexity index is 3330. The van der Waals surface area contributed by atoms with E-state index in [4.69, 9.17) is 14.4 Å². The number of rotatable bonds is 5. The van der Waals surface area contributed by atoms with Crippen LogP contribution in [-0.4, -0.2) is 16.2 Å². The van der Waals surface area contributed by atoms with Gasteiger partial charge in [0.15, 0.2) is 5.84 Å². The number of aliphatic imine (C=N–C) groups is 2. The molecule has 270 valence electrons. The molecule has 1 N–H and O–H groups in total. The number of benzene rings is 7. The zero-order valence-corrected chi connectivity index (χ0v) is 31.6. The number of nitrogens with zero attached hydrogens (tertiary/aromatic N) is 3. The fraction of sp³-hybridized carbons (Fsp3) is 0.0588. The van der Waals surface area contributed by atoms with E-state index in [0.717, 1.165) is 62.9 Å². The van der Waals surface area contributed by atoms with Crippen LogP contribution in [0.5, 0.6) is 0 Å². The lowest BCUT2D eigenvalue weighted by Crippen LogP contribution is -2.33. The Morgan fingerprint density at radius 1 is 0.632 bits per heavy atom. The van der Waals surface area contributed by atoms with E-state index in [2.05, 4.69) is 143 Å². The summed E-state index contributed by atoms with van der Waals surface area (Å²) in [5.41, 5.74) is 12.0. The Labute approximate surface area is 332 Å². The molecule has 0 bridgehead atoms. The molecule has 0 amide bonds. The van der Waals surface area contributed by atoms with Gasteiger partial charge in [-0.2, -0.15) is 0 Å². The van der Waals surface area contributed by atoms with E-state index < -0.39 is 0 Å². The molecule has 1 aliphatic heterocycles. The molecule has 0 fully saturated rings. The molecule has 0 saturated heterocycles. The van der Waals surface area contributed by atoms with Gasteiger partial charge in [0.05, 0.1) is 11.1 Å². The quantitative estimate of drug-likeness (QED) is 0.190. The molecule has 1 unspecified atom stereocenters. The summed E-state index contributed by atoms with van der Waals surface area (Å²) >= 11 is 1.86. The highest BCUT2D eigenvalue weighted by Crippen LogP contribution is 2.45. The van der Waals surface area contributed by atoms with Crippen LogP contribution >= 0.6 is 11.3 Å². The molecule has 4 heterocycles. The van der Waals surface area contributed by atoms with Crippen molar-refractivity contribution < 1.29 is 4.42 Å². The van der Waals surface area contributed by atoms with Crippen molar-refractivity contribution in [1.29, 1.82) is 0 Å². The molecular formula is C51H34N4OS. The number of hydrogen-bond donors (Lipinski definition) is 1.